The lowest BCUT2D eigenvalue weighted by Crippen LogP contribution is -2.04. The van der Waals surface area contributed by atoms with Crippen LogP contribution in [0.1, 0.15) is 27.9 Å². The Morgan fingerprint density at radius 2 is 2.06 bits per heavy atom. The molecule has 0 radical (unpaired) electrons. The molecular weight excluding hydrogens is 260 g/mol. The van der Waals surface area contributed by atoms with Gasteiger partial charge in [-0.15, -0.1) is 22.7 Å². The number of ether oxygens (including phenoxy) is 1. The Morgan fingerprint density at radius 1 is 1.35 bits per heavy atom. The highest BCUT2D eigenvalue weighted by Crippen LogP contribution is 2.01. The van der Waals surface area contributed by atoms with E-state index in [1.807, 2.05) is 0 Å². The van der Waals surface area contributed by atoms with Gasteiger partial charge in [-0.05, 0) is 6.92 Å². The third kappa shape index (κ3) is 4.83. The van der Waals surface area contributed by atoms with Crippen molar-refractivity contribution in [1.82, 2.24) is 9.97 Å². The van der Waals surface area contributed by atoms with E-state index in [9.17, 15) is 9.59 Å². The van der Waals surface area contributed by atoms with Crippen molar-refractivity contribution in [3.05, 3.63) is 33.2 Å². The molecule has 0 aromatic carbocycles. The first-order chi connectivity index (χ1) is 8.27. The van der Waals surface area contributed by atoms with E-state index in [2.05, 4.69) is 9.97 Å². The molecule has 0 saturated heterocycles. The molecule has 17 heavy (non-hydrogen) atoms. The molecule has 0 aliphatic rings. The molecule has 0 unspecified atom stereocenters. The van der Waals surface area contributed by atoms with Crippen LogP contribution in [0.15, 0.2) is 21.8 Å². The van der Waals surface area contributed by atoms with Crippen LogP contribution in [-0.4, -0.2) is 28.8 Å². The summed E-state index contributed by atoms with van der Waals surface area (Å²) in [6.07, 6.45) is 0.733. The largest absolute Gasteiger partial charge is 0.461 e. The number of carbonyl (C=O) groups excluding carboxylic acids is 2. The van der Waals surface area contributed by atoms with Gasteiger partial charge in [0, 0.05) is 10.8 Å². The van der Waals surface area contributed by atoms with Gasteiger partial charge in [0.05, 0.1) is 17.6 Å². The van der Waals surface area contributed by atoms with E-state index in [1.165, 1.54) is 22.7 Å². The lowest BCUT2D eigenvalue weighted by atomic mass is 10.5. The third-order valence-electron chi connectivity index (χ3n) is 1.49. The fourth-order valence-electron chi connectivity index (χ4n) is 0.798. The lowest BCUT2D eigenvalue weighted by molar-refractivity contribution is 0.0520. The second-order valence-electron chi connectivity index (χ2n) is 2.63. The van der Waals surface area contributed by atoms with E-state index in [0.29, 0.717) is 18.0 Å². The number of rotatable bonds is 3. The van der Waals surface area contributed by atoms with Crippen molar-refractivity contribution >= 4 is 34.9 Å². The fourth-order valence-corrected chi connectivity index (χ4v) is 1.82. The Balaban J connectivity index is 0.000000181. The van der Waals surface area contributed by atoms with Crippen LogP contribution in [0.5, 0.6) is 0 Å². The molecule has 0 bridgehead atoms. The van der Waals surface area contributed by atoms with Crippen LogP contribution in [-0.2, 0) is 4.74 Å². The minimum atomic E-state index is -0.344. The Kier molecular flexibility index (Phi) is 6.05. The van der Waals surface area contributed by atoms with Crippen LogP contribution in [0, 0.1) is 0 Å². The van der Waals surface area contributed by atoms with Crippen LogP contribution < -0.4 is 0 Å². The number of nitrogens with zero attached hydrogens (tertiary/aromatic N) is 2. The molecule has 2 aromatic heterocycles. The summed E-state index contributed by atoms with van der Waals surface area (Å²) in [5.74, 6) is -0.344. The summed E-state index contributed by atoms with van der Waals surface area (Å²) in [6.45, 7) is 2.17. The maximum atomic E-state index is 10.8. The summed E-state index contributed by atoms with van der Waals surface area (Å²) in [4.78, 5) is 28.1. The molecule has 0 spiro atoms. The highest BCUT2D eigenvalue weighted by Gasteiger charge is 2.06. The minimum absolute atomic E-state index is 0.344. The van der Waals surface area contributed by atoms with Gasteiger partial charge >= 0.3 is 5.97 Å². The Bertz CT molecular complexity index is 440. The van der Waals surface area contributed by atoms with Crippen molar-refractivity contribution in [1.29, 1.82) is 0 Å². The van der Waals surface area contributed by atoms with Gasteiger partial charge < -0.3 is 4.74 Å². The molecule has 0 amide bonds. The molecule has 2 aromatic rings. The second-order valence-corrected chi connectivity index (χ2v) is 4.06. The Morgan fingerprint density at radius 3 is 2.47 bits per heavy atom. The van der Waals surface area contributed by atoms with Crippen molar-refractivity contribution in [2.45, 2.75) is 6.92 Å². The molecule has 0 atom stereocenters. The highest BCUT2D eigenvalue weighted by molar-refractivity contribution is 7.08. The first kappa shape index (κ1) is 13.5. The SMILES string of the molecule is CCOC(=O)c1cscn1.O=Cc1cscn1. The molecule has 2 rings (SSSR count). The van der Waals surface area contributed by atoms with Crippen molar-refractivity contribution in [3.8, 4) is 0 Å². The Hall–Kier alpha value is -1.60. The van der Waals surface area contributed by atoms with Gasteiger partial charge in [0.1, 0.15) is 5.69 Å². The zero-order valence-electron chi connectivity index (χ0n) is 9.03. The summed E-state index contributed by atoms with van der Waals surface area (Å²) < 4.78 is 4.69. The van der Waals surface area contributed by atoms with Crippen LogP contribution >= 0.6 is 22.7 Å². The van der Waals surface area contributed by atoms with E-state index in [0.717, 1.165) is 6.29 Å². The number of aldehydes is 1. The van der Waals surface area contributed by atoms with Gasteiger partial charge in [-0.1, -0.05) is 0 Å². The predicted octanol–water partition coefficient (Wildman–Crippen LogP) is 2.28. The van der Waals surface area contributed by atoms with Crippen molar-refractivity contribution in [2.75, 3.05) is 6.61 Å². The molecule has 2 heterocycles. The van der Waals surface area contributed by atoms with Gasteiger partial charge in [-0.25, -0.2) is 14.8 Å². The number of aromatic nitrogens is 2. The number of carbonyl (C=O) groups is 2. The van der Waals surface area contributed by atoms with Crippen LogP contribution in [0.25, 0.3) is 0 Å². The number of thiazole rings is 2. The number of hydrogen-bond acceptors (Lipinski definition) is 7. The van der Waals surface area contributed by atoms with Crippen LogP contribution in [0.3, 0.4) is 0 Å². The van der Waals surface area contributed by atoms with Gasteiger partial charge in [-0.2, -0.15) is 0 Å². The molecule has 90 valence electrons. The minimum Gasteiger partial charge on any atom is -0.461 e. The summed E-state index contributed by atoms with van der Waals surface area (Å²) in [5.41, 5.74) is 4.15. The molecule has 0 N–H and O–H groups in total. The quantitative estimate of drug-likeness (QED) is 0.632. The summed E-state index contributed by atoms with van der Waals surface area (Å²) in [5, 5.41) is 3.37. The topological polar surface area (TPSA) is 69.2 Å². The van der Waals surface area contributed by atoms with Gasteiger partial charge in [0.25, 0.3) is 0 Å². The lowest BCUT2D eigenvalue weighted by Gasteiger charge is -1.94. The van der Waals surface area contributed by atoms with E-state index in [-0.39, 0.29) is 5.97 Å². The average Bonchev–Trinajstić information content (AvgIpc) is 3.03. The average molecular weight is 270 g/mol. The fraction of sp³-hybridized carbons (Fsp3) is 0.200. The molecule has 5 nitrogen and oxygen atoms in total. The summed E-state index contributed by atoms with van der Waals surface area (Å²) >= 11 is 2.80. The summed E-state index contributed by atoms with van der Waals surface area (Å²) in [7, 11) is 0. The van der Waals surface area contributed by atoms with E-state index in [1.54, 1.807) is 28.7 Å². The van der Waals surface area contributed by atoms with Crippen LogP contribution in [0.2, 0.25) is 0 Å². The first-order valence-corrected chi connectivity index (χ1v) is 6.55. The molecule has 0 aliphatic carbocycles. The standard InChI is InChI=1S/C6H7NO2S.C4H3NOS/c1-2-9-6(8)5-3-10-4-7-5;6-1-4-2-7-3-5-4/h3-4H,2H2,1H3;1-3H. The van der Waals surface area contributed by atoms with Crippen molar-refractivity contribution in [2.24, 2.45) is 0 Å². The summed E-state index contributed by atoms with van der Waals surface area (Å²) in [6, 6.07) is 0. The molecular formula is C10H10N2O3S2. The smallest absolute Gasteiger partial charge is 0.357 e. The maximum absolute atomic E-state index is 10.8. The van der Waals surface area contributed by atoms with Gasteiger partial charge in [0.15, 0.2) is 12.0 Å². The number of hydrogen-bond donors (Lipinski definition) is 0. The monoisotopic (exact) mass is 270 g/mol. The molecule has 7 heteroatoms. The van der Waals surface area contributed by atoms with Gasteiger partial charge in [0.2, 0.25) is 0 Å². The van der Waals surface area contributed by atoms with Crippen LogP contribution in [0.4, 0.5) is 0 Å². The zero-order valence-corrected chi connectivity index (χ0v) is 10.7. The second kappa shape index (κ2) is 7.64. The first-order valence-electron chi connectivity index (χ1n) is 4.66. The van der Waals surface area contributed by atoms with E-state index >= 15 is 0 Å². The predicted molar refractivity (Wildman–Crippen MR) is 65.6 cm³/mol. The number of esters is 1. The third-order valence-corrected chi connectivity index (χ3v) is 2.68. The Labute approximate surface area is 106 Å². The van der Waals surface area contributed by atoms with Gasteiger partial charge in [-0.3, -0.25) is 4.79 Å². The highest BCUT2D eigenvalue weighted by atomic mass is 32.1. The zero-order chi connectivity index (χ0) is 12.5. The van der Waals surface area contributed by atoms with Crippen molar-refractivity contribution < 1.29 is 14.3 Å². The molecule has 0 aliphatic heterocycles. The normalized spacial score (nSPS) is 9.00. The molecule has 0 saturated carbocycles. The van der Waals surface area contributed by atoms with E-state index < -0.39 is 0 Å². The molecule has 0 fully saturated rings. The maximum Gasteiger partial charge on any atom is 0.357 e. The van der Waals surface area contributed by atoms with E-state index in [4.69, 9.17) is 4.74 Å². The van der Waals surface area contributed by atoms with Crippen molar-refractivity contribution in [3.63, 3.8) is 0 Å².